The molecular weight excluding hydrogens is 230 g/mol. The van der Waals surface area contributed by atoms with Crippen molar-refractivity contribution in [3.63, 3.8) is 0 Å². The van der Waals surface area contributed by atoms with Crippen LogP contribution in [0.25, 0.3) is 10.4 Å². The van der Waals surface area contributed by atoms with Crippen molar-refractivity contribution in [1.29, 1.82) is 0 Å². The molecule has 2 aromatic rings. The molecule has 1 heterocycles. The molecule has 0 unspecified atom stereocenters. The van der Waals surface area contributed by atoms with Crippen LogP contribution in [0.15, 0.2) is 30.5 Å². The molecule has 0 bridgehead atoms. The Bertz CT molecular complexity index is 531. The summed E-state index contributed by atoms with van der Waals surface area (Å²) in [7, 11) is 0. The Balaban J connectivity index is 2.41. The zero-order chi connectivity index (χ0) is 12.3. The molecule has 0 spiro atoms. The molecule has 2 nitrogen and oxygen atoms in total. The lowest BCUT2D eigenvalue weighted by Gasteiger charge is -2.02. The summed E-state index contributed by atoms with van der Waals surface area (Å²) >= 11 is 1.68. The highest BCUT2D eigenvalue weighted by Gasteiger charge is 2.10. The highest BCUT2D eigenvalue weighted by atomic mass is 32.1. The van der Waals surface area contributed by atoms with Crippen molar-refractivity contribution in [2.75, 3.05) is 0 Å². The van der Waals surface area contributed by atoms with Gasteiger partial charge < -0.3 is 0 Å². The Morgan fingerprint density at radius 1 is 1.35 bits per heavy atom. The van der Waals surface area contributed by atoms with Crippen molar-refractivity contribution in [2.45, 2.75) is 26.7 Å². The van der Waals surface area contributed by atoms with Crippen molar-refractivity contribution >= 4 is 17.1 Å². The van der Waals surface area contributed by atoms with Gasteiger partial charge in [0, 0.05) is 17.3 Å². The van der Waals surface area contributed by atoms with Crippen LogP contribution in [0.5, 0.6) is 0 Å². The van der Waals surface area contributed by atoms with E-state index in [1.807, 2.05) is 30.5 Å². The van der Waals surface area contributed by atoms with Crippen LogP contribution >= 0.6 is 11.3 Å². The van der Waals surface area contributed by atoms with E-state index < -0.39 is 0 Å². The van der Waals surface area contributed by atoms with Gasteiger partial charge in [-0.1, -0.05) is 31.2 Å². The molecule has 3 heteroatoms. The van der Waals surface area contributed by atoms with Crippen LogP contribution in [0, 0.1) is 0 Å². The van der Waals surface area contributed by atoms with Gasteiger partial charge in [0.25, 0.3) is 0 Å². The summed E-state index contributed by atoms with van der Waals surface area (Å²) in [5.74, 6) is 0.103. The van der Waals surface area contributed by atoms with Gasteiger partial charge in [0.05, 0.1) is 9.88 Å². The average molecular weight is 245 g/mol. The molecule has 0 saturated heterocycles. The second-order valence-corrected chi connectivity index (χ2v) is 5.09. The number of carbonyl (C=O) groups excluding carboxylic acids is 1. The lowest BCUT2D eigenvalue weighted by atomic mass is 10.0. The van der Waals surface area contributed by atoms with E-state index in [9.17, 15) is 4.79 Å². The lowest BCUT2D eigenvalue weighted by molar-refractivity contribution is 0.101. The molecule has 88 valence electrons. The van der Waals surface area contributed by atoms with E-state index in [0.29, 0.717) is 0 Å². The molecule has 0 aliphatic heterocycles. The summed E-state index contributed by atoms with van der Waals surface area (Å²) in [6.45, 7) is 3.75. The van der Waals surface area contributed by atoms with Crippen LogP contribution in [0.4, 0.5) is 0 Å². The number of hydrogen-bond donors (Lipinski definition) is 0. The number of aromatic nitrogens is 1. The Hall–Kier alpha value is -1.48. The Labute approximate surface area is 105 Å². The van der Waals surface area contributed by atoms with Crippen LogP contribution in [-0.2, 0) is 6.42 Å². The summed E-state index contributed by atoms with van der Waals surface area (Å²) in [4.78, 5) is 17.0. The van der Waals surface area contributed by atoms with Crippen molar-refractivity contribution in [3.05, 3.63) is 41.0 Å². The molecule has 0 amide bonds. The van der Waals surface area contributed by atoms with Gasteiger partial charge in [-0.3, -0.25) is 4.79 Å². The van der Waals surface area contributed by atoms with Gasteiger partial charge in [-0.2, -0.15) is 0 Å². The van der Waals surface area contributed by atoms with Crippen LogP contribution in [0.3, 0.4) is 0 Å². The van der Waals surface area contributed by atoms with E-state index in [1.165, 1.54) is 0 Å². The summed E-state index contributed by atoms with van der Waals surface area (Å²) in [6, 6.07) is 7.71. The fourth-order valence-corrected chi connectivity index (χ4v) is 2.83. The van der Waals surface area contributed by atoms with Gasteiger partial charge >= 0.3 is 0 Å². The largest absolute Gasteiger partial charge is 0.294 e. The number of benzene rings is 1. The number of ketones is 1. The maximum absolute atomic E-state index is 11.6. The minimum atomic E-state index is 0.103. The van der Waals surface area contributed by atoms with Gasteiger partial charge in [0.15, 0.2) is 5.78 Å². The molecule has 0 radical (unpaired) electrons. The zero-order valence-electron chi connectivity index (χ0n) is 10.1. The normalized spacial score (nSPS) is 10.5. The molecule has 0 aliphatic carbocycles. The van der Waals surface area contributed by atoms with Gasteiger partial charge in [0.1, 0.15) is 0 Å². The second kappa shape index (κ2) is 5.23. The minimum Gasteiger partial charge on any atom is -0.294 e. The van der Waals surface area contributed by atoms with Crippen LogP contribution in [0.1, 0.15) is 35.6 Å². The Morgan fingerprint density at radius 2 is 2.12 bits per heavy atom. The number of thiazole rings is 1. The van der Waals surface area contributed by atoms with E-state index in [-0.39, 0.29) is 5.78 Å². The van der Waals surface area contributed by atoms with Crippen LogP contribution < -0.4 is 0 Å². The topological polar surface area (TPSA) is 30.0 Å². The molecule has 0 fully saturated rings. The molecule has 2 rings (SSSR count). The van der Waals surface area contributed by atoms with Crippen molar-refractivity contribution in [1.82, 2.24) is 4.98 Å². The highest BCUT2D eigenvalue weighted by molar-refractivity contribution is 7.15. The molecule has 17 heavy (non-hydrogen) atoms. The first-order valence-corrected chi connectivity index (χ1v) is 6.59. The Morgan fingerprint density at radius 3 is 2.82 bits per heavy atom. The highest BCUT2D eigenvalue weighted by Crippen LogP contribution is 2.29. The van der Waals surface area contributed by atoms with Crippen molar-refractivity contribution in [3.8, 4) is 10.4 Å². The van der Waals surface area contributed by atoms with Crippen molar-refractivity contribution < 1.29 is 4.79 Å². The smallest absolute Gasteiger partial charge is 0.160 e. The van der Waals surface area contributed by atoms with E-state index in [2.05, 4.69) is 11.9 Å². The lowest BCUT2D eigenvalue weighted by Crippen LogP contribution is -1.94. The molecule has 0 atom stereocenters. The summed E-state index contributed by atoms with van der Waals surface area (Å²) < 4.78 is 0. The van der Waals surface area contributed by atoms with E-state index in [0.717, 1.165) is 33.9 Å². The fraction of sp³-hybridized carbons (Fsp3) is 0.286. The van der Waals surface area contributed by atoms with Gasteiger partial charge in [-0.05, 0) is 19.8 Å². The third-order valence-electron chi connectivity index (χ3n) is 2.59. The molecular formula is C14H15NOS. The zero-order valence-corrected chi connectivity index (χ0v) is 10.9. The molecule has 0 N–H and O–H groups in total. The number of carbonyl (C=O) groups is 1. The third kappa shape index (κ3) is 2.61. The SMILES string of the molecule is CCCc1ncc(-c2ccccc2C(C)=O)s1. The first-order chi connectivity index (χ1) is 8.22. The van der Waals surface area contributed by atoms with Crippen molar-refractivity contribution in [2.24, 2.45) is 0 Å². The average Bonchev–Trinajstić information content (AvgIpc) is 2.78. The molecule has 0 saturated carbocycles. The monoisotopic (exact) mass is 245 g/mol. The number of aryl methyl sites for hydroxylation is 1. The van der Waals surface area contributed by atoms with E-state index in [4.69, 9.17) is 0 Å². The maximum atomic E-state index is 11.6. The van der Waals surface area contributed by atoms with Gasteiger partial charge in [0.2, 0.25) is 0 Å². The molecule has 1 aromatic heterocycles. The number of Topliss-reactive ketones (excluding diaryl/α,β-unsaturated/α-hetero) is 1. The first kappa shape index (κ1) is 12.0. The minimum absolute atomic E-state index is 0.103. The second-order valence-electron chi connectivity index (χ2n) is 3.97. The molecule has 0 aliphatic rings. The van der Waals surface area contributed by atoms with E-state index in [1.54, 1.807) is 18.3 Å². The summed E-state index contributed by atoms with van der Waals surface area (Å²) in [5, 5.41) is 1.14. The maximum Gasteiger partial charge on any atom is 0.160 e. The summed E-state index contributed by atoms with van der Waals surface area (Å²) in [6.07, 6.45) is 3.98. The number of rotatable bonds is 4. The van der Waals surface area contributed by atoms with Gasteiger partial charge in [-0.25, -0.2) is 4.98 Å². The van der Waals surface area contributed by atoms with E-state index >= 15 is 0 Å². The quantitative estimate of drug-likeness (QED) is 0.763. The number of hydrogen-bond acceptors (Lipinski definition) is 3. The summed E-state index contributed by atoms with van der Waals surface area (Å²) in [5.41, 5.74) is 1.78. The fourth-order valence-electron chi connectivity index (χ4n) is 1.77. The van der Waals surface area contributed by atoms with Crippen LogP contribution in [-0.4, -0.2) is 10.8 Å². The first-order valence-electron chi connectivity index (χ1n) is 5.77. The Kier molecular flexibility index (Phi) is 3.69. The van der Waals surface area contributed by atoms with Gasteiger partial charge in [-0.15, -0.1) is 11.3 Å². The van der Waals surface area contributed by atoms with Crippen LogP contribution in [0.2, 0.25) is 0 Å². The predicted molar refractivity (Wildman–Crippen MR) is 71.5 cm³/mol. The third-order valence-corrected chi connectivity index (χ3v) is 3.68. The predicted octanol–water partition coefficient (Wildman–Crippen LogP) is 3.97. The standard InChI is InChI=1S/C14H15NOS/c1-3-6-14-15-9-13(17-14)12-8-5-4-7-11(12)10(2)16/h4-5,7-9H,3,6H2,1-2H3. The number of nitrogens with zero attached hydrogens (tertiary/aromatic N) is 1. The molecule has 1 aromatic carbocycles.